The minimum absolute atomic E-state index is 0.163. The minimum Gasteiger partial charge on any atom is -0.236 e. The van der Waals surface area contributed by atoms with Crippen molar-refractivity contribution in [2.75, 3.05) is 6.61 Å². The summed E-state index contributed by atoms with van der Waals surface area (Å²) in [5, 5.41) is 9.54. The Kier molecular flexibility index (Phi) is 4.16. The number of hydrogen-bond donors (Lipinski definition) is 0. The molecule has 32 valence electrons. The van der Waals surface area contributed by atoms with Gasteiger partial charge in [-0.2, -0.15) is 0 Å². The predicted molar refractivity (Wildman–Crippen MR) is 23.3 cm³/mol. The molecule has 0 saturated carbocycles. The van der Waals surface area contributed by atoms with Crippen molar-refractivity contribution in [3.05, 3.63) is 6.42 Å². The Balaban J connectivity index is 2.54. The molecule has 0 bridgehead atoms. The molecule has 0 N–H and O–H groups in total. The van der Waals surface area contributed by atoms with Gasteiger partial charge >= 0.3 is 0 Å². The lowest BCUT2D eigenvalue weighted by molar-refractivity contribution is 0.219. The Morgan fingerprint density at radius 3 is 2.67 bits per heavy atom. The van der Waals surface area contributed by atoms with Crippen LogP contribution in [0, 0.1) is 18.8 Å². The third kappa shape index (κ3) is 3.52. The summed E-state index contributed by atoms with van der Waals surface area (Å²) in [6.07, 6.45) is 6.81. The Bertz CT molecular complexity index is 51.4. The summed E-state index contributed by atoms with van der Waals surface area (Å²) in [5.41, 5.74) is 0. The average Bonchev–Trinajstić information content (AvgIpc) is 1.61. The maximum Gasteiger partial charge on any atom is 0.0863 e. The number of terminal acetylenes is 1. The van der Waals surface area contributed by atoms with Gasteiger partial charge in [-0.15, -0.1) is 12.3 Å². The van der Waals surface area contributed by atoms with Gasteiger partial charge in [0.05, 0.1) is 6.61 Å². The van der Waals surface area contributed by atoms with E-state index in [-0.39, 0.29) is 6.61 Å². The highest BCUT2D eigenvalue weighted by Gasteiger charge is 1.75. The van der Waals surface area contributed by atoms with Crippen molar-refractivity contribution in [1.82, 2.24) is 0 Å². The zero-order valence-electron chi connectivity index (χ0n) is 3.48. The van der Waals surface area contributed by atoms with Crippen LogP contribution < -0.4 is 0 Å². The molecule has 0 aliphatic carbocycles. The fourth-order valence-corrected chi connectivity index (χ4v) is 0.142. The monoisotopic (exact) mass is 82.0 g/mol. The van der Waals surface area contributed by atoms with Crippen LogP contribution in [0.3, 0.4) is 0 Å². The molecule has 0 heterocycles. The van der Waals surface area contributed by atoms with Gasteiger partial charge in [-0.25, -0.2) is 5.11 Å². The summed E-state index contributed by atoms with van der Waals surface area (Å²) >= 11 is 0. The van der Waals surface area contributed by atoms with Crippen LogP contribution in [0.2, 0.25) is 0 Å². The largest absolute Gasteiger partial charge is 0.236 e. The highest BCUT2D eigenvalue weighted by Crippen LogP contribution is 1.78. The van der Waals surface area contributed by atoms with Gasteiger partial charge in [0.1, 0.15) is 0 Å². The number of rotatable bonds is 2. The lowest BCUT2D eigenvalue weighted by atomic mass is 10.3. The van der Waals surface area contributed by atoms with E-state index in [2.05, 4.69) is 5.92 Å². The molecule has 6 heavy (non-hydrogen) atoms. The first-order valence-electron chi connectivity index (χ1n) is 1.75. The van der Waals surface area contributed by atoms with Gasteiger partial charge in [-0.3, -0.25) is 0 Å². The van der Waals surface area contributed by atoms with Crippen molar-refractivity contribution >= 4 is 0 Å². The molecule has 0 aliphatic heterocycles. The van der Waals surface area contributed by atoms with E-state index in [0.717, 1.165) is 0 Å². The summed E-state index contributed by atoms with van der Waals surface area (Å²) in [4.78, 5) is 0. The van der Waals surface area contributed by atoms with Crippen LogP contribution in [0.25, 0.3) is 0 Å². The average molecular weight is 82.1 g/mol. The molecule has 0 atom stereocenters. The van der Waals surface area contributed by atoms with Crippen LogP contribution in [0.5, 0.6) is 0 Å². The first-order chi connectivity index (χ1) is 2.91. The van der Waals surface area contributed by atoms with Crippen LogP contribution in [-0.2, 0) is 5.11 Å². The van der Waals surface area contributed by atoms with Crippen LogP contribution >= 0.6 is 0 Å². The van der Waals surface area contributed by atoms with E-state index in [1.54, 1.807) is 0 Å². The highest BCUT2D eigenvalue weighted by molar-refractivity contribution is 4.89. The van der Waals surface area contributed by atoms with E-state index >= 15 is 0 Å². The second-order valence-corrected chi connectivity index (χ2v) is 0.864. The van der Waals surface area contributed by atoms with Crippen LogP contribution in [0.4, 0.5) is 0 Å². The molecule has 0 amide bonds. The van der Waals surface area contributed by atoms with Crippen LogP contribution in [-0.4, -0.2) is 6.61 Å². The van der Waals surface area contributed by atoms with E-state index in [1.807, 2.05) is 0 Å². The molecule has 0 fully saturated rings. The van der Waals surface area contributed by atoms with Crippen molar-refractivity contribution < 1.29 is 5.11 Å². The van der Waals surface area contributed by atoms with E-state index in [9.17, 15) is 5.11 Å². The molecule has 0 aromatic heterocycles. The topological polar surface area (TPSA) is 19.9 Å². The third-order valence-corrected chi connectivity index (χ3v) is 0.380. The molecule has 2 radical (unpaired) electrons. The van der Waals surface area contributed by atoms with E-state index in [4.69, 9.17) is 6.42 Å². The quantitative estimate of drug-likeness (QED) is 0.344. The van der Waals surface area contributed by atoms with E-state index in [0.29, 0.717) is 6.42 Å². The smallest absolute Gasteiger partial charge is 0.0863 e. The lowest BCUT2D eigenvalue weighted by Crippen LogP contribution is -1.76. The molecule has 1 heteroatoms. The van der Waals surface area contributed by atoms with Gasteiger partial charge in [-0.1, -0.05) is 0 Å². The summed E-state index contributed by atoms with van der Waals surface area (Å²) in [5.74, 6) is 2.31. The zero-order chi connectivity index (χ0) is 4.83. The molecule has 0 unspecified atom stereocenters. The van der Waals surface area contributed by atoms with Crippen molar-refractivity contribution in [2.24, 2.45) is 0 Å². The Hall–Kier alpha value is -0.480. The fraction of sp³-hybridized carbons (Fsp3) is 0.400. The summed E-state index contributed by atoms with van der Waals surface area (Å²) in [6.45, 7) is -0.163. The van der Waals surface area contributed by atoms with Gasteiger partial charge in [-0.05, 0) is 0 Å². The van der Waals surface area contributed by atoms with Gasteiger partial charge in [0.25, 0.3) is 0 Å². The first-order valence-corrected chi connectivity index (χ1v) is 1.75. The van der Waals surface area contributed by atoms with Crippen molar-refractivity contribution in [3.63, 3.8) is 0 Å². The maximum absolute atomic E-state index is 9.54. The third-order valence-electron chi connectivity index (χ3n) is 0.380. The summed E-state index contributed by atoms with van der Waals surface area (Å²) < 4.78 is 0. The lowest BCUT2D eigenvalue weighted by Gasteiger charge is -1.76. The molecule has 0 spiro atoms. The molecule has 0 rings (SSSR count). The molecule has 0 aromatic carbocycles. The summed E-state index contributed by atoms with van der Waals surface area (Å²) in [6, 6.07) is 0. The van der Waals surface area contributed by atoms with Crippen LogP contribution in [0.1, 0.15) is 6.42 Å². The number of hydrogen-bond acceptors (Lipinski definition) is 0. The van der Waals surface area contributed by atoms with Gasteiger partial charge in [0, 0.05) is 12.8 Å². The Labute approximate surface area is 38.0 Å². The van der Waals surface area contributed by atoms with Gasteiger partial charge in [0.2, 0.25) is 0 Å². The highest BCUT2D eigenvalue weighted by atomic mass is 16.2. The molecular formula is C5H6O. The zero-order valence-corrected chi connectivity index (χ0v) is 3.48. The first kappa shape index (κ1) is 5.52. The van der Waals surface area contributed by atoms with Crippen molar-refractivity contribution in [3.8, 4) is 12.3 Å². The van der Waals surface area contributed by atoms with Gasteiger partial charge in [0.15, 0.2) is 0 Å². The second kappa shape index (κ2) is 4.52. The summed E-state index contributed by atoms with van der Waals surface area (Å²) in [7, 11) is 0. The fourth-order valence-electron chi connectivity index (χ4n) is 0.142. The molecule has 1 nitrogen and oxygen atoms in total. The molecule has 0 aliphatic rings. The maximum atomic E-state index is 9.54. The van der Waals surface area contributed by atoms with Crippen molar-refractivity contribution in [1.29, 1.82) is 0 Å². The van der Waals surface area contributed by atoms with Gasteiger partial charge < -0.3 is 0 Å². The second-order valence-electron chi connectivity index (χ2n) is 0.864. The molecular weight excluding hydrogens is 76.1 g/mol. The molecule has 0 aromatic rings. The van der Waals surface area contributed by atoms with Crippen molar-refractivity contribution in [2.45, 2.75) is 6.42 Å². The Morgan fingerprint density at radius 1 is 1.83 bits per heavy atom. The standard InChI is InChI=1S/C5H6O/c1-2-3-4-5-6/h1,4H,3,5H2. The Morgan fingerprint density at radius 2 is 2.50 bits per heavy atom. The molecule has 0 saturated heterocycles. The predicted octanol–water partition coefficient (Wildman–Crippen LogP) is 0.644. The SMILES string of the molecule is C#CC[CH]C[O]. The number of unbranched alkanes of at least 4 members (excludes halogenated alkanes) is 1. The minimum atomic E-state index is -0.163. The normalized spacial score (nSPS) is 7.33. The van der Waals surface area contributed by atoms with E-state index in [1.165, 1.54) is 6.42 Å². The van der Waals surface area contributed by atoms with Crippen LogP contribution in [0.15, 0.2) is 0 Å². The van der Waals surface area contributed by atoms with E-state index < -0.39 is 0 Å².